The number of benzene rings is 3. The summed E-state index contributed by atoms with van der Waals surface area (Å²) in [6, 6.07) is 25.8. The predicted octanol–water partition coefficient (Wildman–Crippen LogP) is 4.96. The van der Waals surface area contributed by atoms with Crippen LogP contribution in [0.3, 0.4) is 0 Å². The van der Waals surface area contributed by atoms with Crippen LogP contribution >= 0.6 is 0 Å². The molecule has 1 aromatic heterocycles. The Morgan fingerprint density at radius 3 is 2.25 bits per heavy atom. The highest BCUT2D eigenvalue weighted by Gasteiger charge is 2.29. The highest BCUT2D eigenvalue weighted by molar-refractivity contribution is 7.89. The molecule has 2 heterocycles. The summed E-state index contributed by atoms with van der Waals surface area (Å²) in [6.45, 7) is 3.78. The highest BCUT2D eigenvalue weighted by atomic mass is 32.2. The zero-order valence-electron chi connectivity index (χ0n) is 18.2. The normalized spacial score (nSPS) is 15.9. The smallest absolute Gasteiger partial charge is 0.243 e. The number of fused-ring (bicyclic) bond motifs is 1. The van der Waals surface area contributed by atoms with Crippen molar-refractivity contribution in [3.05, 3.63) is 95.8 Å². The number of imidazole rings is 1. The van der Waals surface area contributed by atoms with Gasteiger partial charge in [0.05, 0.1) is 15.9 Å². The Morgan fingerprint density at radius 1 is 0.875 bits per heavy atom. The first kappa shape index (κ1) is 20.9. The molecule has 32 heavy (non-hydrogen) atoms. The van der Waals surface area contributed by atoms with E-state index in [4.69, 9.17) is 0 Å². The number of nitrogens with zero attached hydrogens (tertiary/aromatic N) is 3. The Bertz CT molecular complexity index is 1320. The third-order valence-corrected chi connectivity index (χ3v) is 8.38. The Balaban J connectivity index is 1.30. The van der Waals surface area contributed by atoms with Crippen molar-refractivity contribution >= 4 is 21.1 Å². The summed E-state index contributed by atoms with van der Waals surface area (Å²) in [5, 5.41) is 0. The molecule has 0 N–H and O–H groups in total. The fourth-order valence-electron chi connectivity index (χ4n) is 4.65. The average molecular weight is 446 g/mol. The minimum atomic E-state index is -3.48. The lowest BCUT2D eigenvalue weighted by Gasteiger charge is -2.31. The minimum Gasteiger partial charge on any atom is -0.324 e. The molecule has 1 aliphatic heterocycles. The van der Waals surface area contributed by atoms with Gasteiger partial charge in [-0.3, -0.25) is 0 Å². The van der Waals surface area contributed by atoms with E-state index in [1.165, 1.54) is 5.56 Å². The van der Waals surface area contributed by atoms with Crippen molar-refractivity contribution < 1.29 is 8.42 Å². The van der Waals surface area contributed by atoms with Crippen LogP contribution in [-0.2, 0) is 16.6 Å². The van der Waals surface area contributed by atoms with Gasteiger partial charge < -0.3 is 4.57 Å². The van der Waals surface area contributed by atoms with Gasteiger partial charge in [0, 0.05) is 19.6 Å². The van der Waals surface area contributed by atoms with Crippen molar-refractivity contribution in [1.82, 2.24) is 13.9 Å². The van der Waals surface area contributed by atoms with E-state index in [0.29, 0.717) is 30.4 Å². The van der Waals surface area contributed by atoms with Gasteiger partial charge in [0.2, 0.25) is 10.0 Å². The molecule has 0 atom stereocenters. The molecule has 1 aliphatic rings. The molecule has 0 bridgehead atoms. The second-order valence-corrected chi connectivity index (χ2v) is 10.4. The number of rotatable bonds is 5. The molecule has 1 saturated heterocycles. The van der Waals surface area contributed by atoms with Gasteiger partial charge in [-0.2, -0.15) is 4.31 Å². The number of aromatic nitrogens is 2. The summed E-state index contributed by atoms with van der Waals surface area (Å²) >= 11 is 0. The molecule has 5 rings (SSSR count). The first-order valence-electron chi connectivity index (χ1n) is 11.1. The van der Waals surface area contributed by atoms with E-state index in [2.05, 4.69) is 27.8 Å². The fraction of sp³-hybridized carbons (Fsp3) is 0.269. The van der Waals surface area contributed by atoms with Gasteiger partial charge in [0.25, 0.3) is 0 Å². The van der Waals surface area contributed by atoms with Crippen LogP contribution in [0.2, 0.25) is 0 Å². The lowest BCUT2D eigenvalue weighted by molar-refractivity contribution is 0.319. The molecule has 0 radical (unpaired) electrons. The fourth-order valence-corrected chi connectivity index (χ4v) is 6.12. The number of hydrogen-bond acceptors (Lipinski definition) is 3. The van der Waals surface area contributed by atoms with E-state index in [1.54, 1.807) is 16.4 Å². The van der Waals surface area contributed by atoms with Crippen LogP contribution in [0.1, 0.15) is 35.7 Å². The molecule has 164 valence electrons. The molecule has 4 aromatic rings. The van der Waals surface area contributed by atoms with Crippen LogP contribution in [0.5, 0.6) is 0 Å². The molecule has 0 unspecified atom stereocenters. The van der Waals surface area contributed by atoms with Crippen LogP contribution in [0.4, 0.5) is 0 Å². The molecule has 0 amide bonds. The van der Waals surface area contributed by atoms with E-state index in [9.17, 15) is 8.42 Å². The second-order valence-electron chi connectivity index (χ2n) is 8.47. The predicted molar refractivity (Wildman–Crippen MR) is 127 cm³/mol. The maximum Gasteiger partial charge on any atom is 0.243 e. The number of hydrogen-bond donors (Lipinski definition) is 0. The number of piperidine rings is 1. The quantitative estimate of drug-likeness (QED) is 0.436. The van der Waals surface area contributed by atoms with Crippen molar-refractivity contribution in [1.29, 1.82) is 0 Å². The number of para-hydroxylation sites is 2. The van der Waals surface area contributed by atoms with Crippen LogP contribution in [0, 0.1) is 6.92 Å². The van der Waals surface area contributed by atoms with Crippen molar-refractivity contribution in [2.45, 2.75) is 37.1 Å². The molecule has 1 fully saturated rings. The van der Waals surface area contributed by atoms with Crippen molar-refractivity contribution in [3.63, 3.8) is 0 Å². The standard InChI is InChI=1S/C26H27N3O2S/c1-20-27-25-9-5-6-10-26(25)29(20)19-21-11-13-24(14-12-21)32(30,31)28-17-15-23(16-18-28)22-7-3-2-4-8-22/h2-14,23H,15-19H2,1H3. The lowest BCUT2D eigenvalue weighted by Crippen LogP contribution is -2.37. The molecule has 0 spiro atoms. The molecular weight excluding hydrogens is 418 g/mol. The third-order valence-electron chi connectivity index (χ3n) is 6.47. The highest BCUT2D eigenvalue weighted by Crippen LogP contribution is 2.30. The summed E-state index contributed by atoms with van der Waals surface area (Å²) in [5.74, 6) is 1.38. The molecule has 5 nitrogen and oxygen atoms in total. The van der Waals surface area contributed by atoms with E-state index in [-0.39, 0.29) is 0 Å². The summed E-state index contributed by atoms with van der Waals surface area (Å²) in [4.78, 5) is 4.98. The molecule has 0 aliphatic carbocycles. The second kappa shape index (κ2) is 8.52. The van der Waals surface area contributed by atoms with Crippen LogP contribution in [-0.4, -0.2) is 35.4 Å². The van der Waals surface area contributed by atoms with Gasteiger partial charge in [0.15, 0.2) is 0 Å². The minimum absolute atomic E-state index is 0.367. The Labute approximate surface area is 189 Å². The van der Waals surface area contributed by atoms with Crippen molar-refractivity contribution in [2.24, 2.45) is 0 Å². The SMILES string of the molecule is Cc1nc2ccccc2n1Cc1ccc(S(=O)(=O)N2CCC(c3ccccc3)CC2)cc1. The largest absolute Gasteiger partial charge is 0.324 e. The Morgan fingerprint density at radius 2 is 1.53 bits per heavy atom. The Kier molecular flexibility index (Phi) is 5.57. The summed E-state index contributed by atoms with van der Waals surface area (Å²) in [5.41, 5.74) is 4.42. The van der Waals surface area contributed by atoms with Crippen molar-refractivity contribution in [3.8, 4) is 0 Å². The average Bonchev–Trinajstić information content (AvgIpc) is 3.15. The summed E-state index contributed by atoms with van der Waals surface area (Å²) < 4.78 is 30.2. The van der Waals surface area contributed by atoms with Crippen LogP contribution < -0.4 is 0 Å². The first-order valence-corrected chi connectivity index (χ1v) is 12.5. The number of sulfonamides is 1. The van der Waals surface area contributed by atoms with Gasteiger partial charge in [-0.15, -0.1) is 0 Å². The van der Waals surface area contributed by atoms with Gasteiger partial charge in [-0.05, 0) is 61.1 Å². The monoisotopic (exact) mass is 445 g/mol. The van der Waals surface area contributed by atoms with E-state index in [0.717, 1.165) is 35.3 Å². The topological polar surface area (TPSA) is 55.2 Å². The maximum atomic E-state index is 13.2. The van der Waals surface area contributed by atoms with Crippen LogP contribution in [0.25, 0.3) is 11.0 Å². The van der Waals surface area contributed by atoms with Gasteiger partial charge in [-0.1, -0.05) is 54.6 Å². The zero-order valence-corrected chi connectivity index (χ0v) is 19.0. The van der Waals surface area contributed by atoms with E-state index < -0.39 is 10.0 Å². The van der Waals surface area contributed by atoms with Gasteiger partial charge in [0.1, 0.15) is 5.82 Å². The van der Waals surface area contributed by atoms with Gasteiger partial charge >= 0.3 is 0 Å². The molecular formula is C26H27N3O2S. The molecule has 3 aromatic carbocycles. The molecule has 6 heteroatoms. The summed E-state index contributed by atoms with van der Waals surface area (Å²) in [6.07, 6.45) is 1.71. The Hall–Kier alpha value is -2.96. The third kappa shape index (κ3) is 3.96. The van der Waals surface area contributed by atoms with E-state index >= 15 is 0 Å². The molecule has 0 saturated carbocycles. The number of aryl methyl sites for hydroxylation is 1. The van der Waals surface area contributed by atoms with Gasteiger partial charge in [-0.25, -0.2) is 13.4 Å². The van der Waals surface area contributed by atoms with Crippen LogP contribution in [0.15, 0.2) is 83.8 Å². The first-order chi connectivity index (χ1) is 15.5. The zero-order chi connectivity index (χ0) is 22.1. The van der Waals surface area contributed by atoms with E-state index in [1.807, 2.05) is 55.5 Å². The van der Waals surface area contributed by atoms with Crippen molar-refractivity contribution in [2.75, 3.05) is 13.1 Å². The summed E-state index contributed by atoms with van der Waals surface area (Å²) in [7, 11) is -3.48. The lowest BCUT2D eigenvalue weighted by atomic mass is 9.90. The maximum absolute atomic E-state index is 13.2.